The first-order chi connectivity index (χ1) is 11.5. The summed E-state index contributed by atoms with van der Waals surface area (Å²) in [5, 5.41) is 0. The Kier molecular flexibility index (Phi) is 5.13. The highest BCUT2D eigenvalue weighted by atomic mass is 16.5. The average molecular weight is 324 g/mol. The van der Waals surface area contributed by atoms with Crippen molar-refractivity contribution in [2.45, 2.75) is 65.6 Å². The van der Waals surface area contributed by atoms with Crippen LogP contribution in [0.5, 0.6) is 11.5 Å². The standard InChI is InChI=1S/C22H28O2/c1-15-7-5-8-16(2)21(15)23-19-11-13-20(14-12-19)24-22-17(3)9-6-10-18(22)4/h5-10,19-20H,11-14H2,1-4H3. The van der Waals surface area contributed by atoms with Gasteiger partial charge in [0.05, 0.1) is 12.2 Å². The average Bonchev–Trinajstić information content (AvgIpc) is 2.56. The molecule has 24 heavy (non-hydrogen) atoms. The Bertz CT molecular complexity index is 595. The zero-order valence-corrected chi connectivity index (χ0v) is 15.3. The van der Waals surface area contributed by atoms with Crippen molar-refractivity contribution in [3.05, 3.63) is 58.7 Å². The van der Waals surface area contributed by atoms with Gasteiger partial charge in [-0.1, -0.05) is 36.4 Å². The Labute approximate surface area is 145 Å². The van der Waals surface area contributed by atoms with Gasteiger partial charge >= 0.3 is 0 Å². The molecule has 128 valence electrons. The van der Waals surface area contributed by atoms with Crippen molar-refractivity contribution in [1.82, 2.24) is 0 Å². The maximum absolute atomic E-state index is 6.31. The lowest BCUT2D eigenvalue weighted by molar-refractivity contribution is 0.0791. The maximum Gasteiger partial charge on any atom is 0.125 e. The van der Waals surface area contributed by atoms with Crippen LogP contribution in [0.4, 0.5) is 0 Å². The van der Waals surface area contributed by atoms with Crippen LogP contribution in [0, 0.1) is 27.7 Å². The van der Waals surface area contributed by atoms with Gasteiger partial charge in [-0.05, 0) is 75.6 Å². The van der Waals surface area contributed by atoms with Crippen molar-refractivity contribution in [3.8, 4) is 11.5 Å². The zero-order valence-electron chi connectivity index (χ0n) is 15.3. The minimum absolute atomic E-state index is 0.308. The third kappa shape index (κ3) is 3.75. The quantitative estimate of drug-likeness (QED) is 0.719. The lowest BCUT2D eigenvalue weighted by atomic mass is 9.94. The number of aryl methyl sites for hydroxylation is 4. The first kappa shape index (κ1) is 16.9. The van der Waals surface area contributed by atoms with Crippen molar-refractivity contribution in [2.75, 3.05) is 0 Å². The van der Waals surface area contributed by atoms with Gasteiger partial charge in [-0.25, -0.2) is 0 Å². The van der Waals surface area contributed by atoms with E-state index in [1.54, 1.807) is 0 Å². The molecule has 2 nitrogen and oxygen atoms in total. The van der Waals surface area contributed by atoms with E-state index in [0.29, 0.717) is 12.2 Å². The Morgan fingerprint density at radius 3 is 1.17 bits per heavy atom. The number of hydrogen-bond donors (Lipinski definition) is 0. The Balaban J connectivity index is 1.58. The van der Waals surface area contributed by atoms with Crippen LogP contribution in [0.1, 0.15) is 47.9 Å². The smallest absolute Gasteiger partial charge is 0.125 e. The molecule has 2 aromatic carbocycles. The van der Waals surface area contributed by atoms with E-state index in [-0.39, 0.29) is 0 Å². The third-order valence-electron chi connectivity index (χ3n) is 5.01. The van der Waals surface area contributed by atoms with E-state index < -0.39 is 0 Å². The van der Waals surface area contributed by atoms with Crippen LogP contribution in [0.25, 0.3) is 0 Å². The molecule has 2 heteroatoms. The van der Waals surface area contributed by atoms with E-state index in [9.17, 15) is 0 Å². The molecule has 1 fully saturated rings. The lowest BCUT2D eigenvalue weighted by Crippen LogP contribution is -2.30. The molecule has 0 aliphatic heterocycles. The minimum atomic E-state index is 0.308. The van der Waals surface area contributed by atoms with Crippen molar-refractivity contribution < 1.29 is 9.47 Å². The summed E-state index contributed by atoms with van der Waals surface area (Å²) in [5.41, 5.74) is 4.90. The molecule has 1 saturated carbocycles. The second kappa shape index (κ2) is 7.29. The van der Waals surface area contributed by atoms with Crippen LogP contribution in [0.2, 0.25) is 0 Å². The predicted octanol–water partition coefficient (Wildman–Crippen LogP) is 5.69. The molecule has 0 saturated heterocycles. The summed E-state index contributed by atoms with van der Waals surface area (Å²) in [5.74, 6) is 2.13. The number of hydrogen-bond acceptors (Lipinski definition) is 2. The molecule has 0 radical (unpaired) electrons. The minimum Gasteiger partial charge on any atom is -0.490 e. The summed E-state index contributed by atoms with van der Waals surface area (Å²) in [4.78, 5) is 0. The molecule has 2 aromatic rings. The Morgan fingerprint density at radius 1 is 0.583 bits per heavy atom. The largest absolute Gasteiger partial charge is 0.490 e. The fourth-order valence-electron chi connectivity index (χ4n) is 3.57. The topological polar surface area (TPSA) is 18.5 Å². The summed E-state index contributed by atoms with van der Waals surface area (Å²) in [6, 6.07) is 12.7. The van der Waals surface area contributed by atoms with Crippen LogP contribution < -0.4 is 9.47 Å². The highest BCUT2D eigenvalue weighted by molar-refractivity contribution is 5.40. The summed E-state index contributed by atoms with van der Waals surface area (Å²) in [6.45, 7) is 8.49. The molecule has 1 aliphatic rings. The van der Waals surface area contributed by atoms with Gasteiger partial charge in [-0.15, -0.1) is 0 Å². The zero-order chi connectivity index (χ0) is 17.1. The first-order valence-electron chi connectivity index (χ1n) is 9.00. The number of rotatable bonds is 4. The highest BCUT2D eigenvalue weighted by Crippen LogP contribution is 2.31. The van der Waals surface area contributed by atoms with Crippen LogP contribution in [-0.2, 0) is 0 Å². The monoisotopic (exact) mass is 324 g/mol. The molecule has 3 rings (SSSR count). The van der Waals surface area contributed by atoms with Crippen LogP contribution in [0.3, 0.4) is 0 Å². The molecule has 0 spiro atoms. The summed E-state index contributed by atoms with van der Waals surface area (Å²) < 4.78 is 12.6. The number of para-hydroxylation sites is 2. The molecule has 0 N–H and O–H groups in total. The summed E-state index contributed by atoms with van der Waals surface area (Å²) in [6.07, 6.45) is 4.85. The Hall–Kier alpha value is -1.96. The Morgan fingerprint density at radius 2 is 0.875 bits per heavy atom. The van der Waals surface area contributed by atoms with Crippen LogP contribution in [0.15, 0.2) is 36.4 Å². The fourth-order valence-corrected chi connectivity index (χ4v) is 3.57. The van der Waals surface area contributed by atoms with Gasteiger partial charge in [0.1, 0.15) is 11.5 Å². The fraction of sp³-hybridized carbons (Fsp3) is 0.455. The first-order valence-corrected chi connectivity index (χ1v) is 9.00. The van der Waals surface area contributed by atoms with Gasteiger partial charge in [0.15, 0.2) is 0 Å². The number of ether oxygens (including phenoxy) is 2. The summed E-state index contributed by atoms with van der Waals surface area (Å²) >= 11 is 0. The second-order valence-corrected chi connectivity index (χ2v) is 7.08. The molecule has 0 heterocycles. The molecule has 0 bridgehead atoms. The van der Waals surface area contributed by atoms with Crippen molar-refractivity contribution >= 4 is 0 Å². The predicted molar refractivity (Wildman–Crippen MR) is 99.1 cm³/mol. The van der Waals surface area contributed by atoms with E-state index >= 15 is 0 Å². The van der Waals surface area contributed by atoms with Crippen molar-refractivity contribution in [2.24, 2.45) is 0 Å². The van der Waals surface area contributed by atoms with Crippen LogP contribution in [-0.4, -0.2) is 12.2 Å². The molecular weight excluding hydrogens is 296 g/mol. The summed E-state index contributed by atoms with van der Waals surface area (Å²) in [7, 11) is 0. The van der Waals surface area contributed by atoms with Gasteiger partial charge in [-0.2, -0.15) is 0 Å². The second-order valence-electron chi connectivity index (χ2n) is 7.08. The van der Waals surface area contributed by atoms with Gasteiger partial charge in [0.2, 0.25) is 0 Å². The molecule has 0 atom stereocenters. The number of benzene rings is 2. The third-order valence-corrected chi connectivity index (χ3v) is 5.01. The van der Waals surface area contributed by atoms with Crippen molar-refractivity contribution in [3.63, 3.8) is 0 Å². The lowest BCUT2D eigenvalue weighted by Gasteiger charge is -2.31. The molecule has 1 aliphatic carbocycles. The maximum atomic E-state index is 6.31. The van der Waals surface area contributed by atoms with Gasteiger partial charge in [0.25, 0.3) is 0 Å². The van der Waals surface area contributed by atoms with Crippen molar-refractivity contribution in [1.29, 1.82) is 0 Å². The molecule has 0 amide bonds. The molecule has 0 aromatic heterocycles. The molecule has 0 unspecified atom stereocenters. The van der Waals surface area contributed by atoms with Gasteiger partial charge < -0.3 is 9.47 Å². The normalized spacial score (nSPS) is 20.7. The SMILES string of the molecule is Cc1cccc(C)c1OC1CCC(Oc2c(C)cccc2C)CC1. The van der Waals surface area contributed by atoms with E-state index in [1.807, 2.05) is 0 Å². The van der Waals surface area contributed by atoms with Gasteiger partial charge in [-0.3, -0.25) is 0 Å². The molecular formula is C22H28O2. The van der Waals surface area contributed by atoms with E-state index in [0.717, 1.165) is 37.2 Å². The van der Waals surface area contributed by atoms with Gasteiger partial charge in [0, 0.05) is 0 Å². The van der Waals surface area contributed by atoms with E-state index in [4.69, 9.17) is 9.47 Å². The van der Waals surface area contributed by atoms with E-state index in [2.05, 4.69) is 64.1 Å². The highest BCUT2D eigenvalue weighted by Gasteiger charge is 2.25. The van der Waals surface area contributed by atoms with E-state index in [1.165, 1.54) is 22.3 Å². The van der Waals surface area contributed by atoms with Crippen LogP contribution >= 0.6 is 0 Å².